The van der Waals surface area contributed by atoms with E-state index in [0.717, 1.165) is 41.3 Å². The van der Waals surface area contributed by atoms with Gasteiger partial charge in [-0.25, -0.2) is 0 Å². The van der Waals surface area contributed by atoms with Gasteiger partial charge in [-0.15, -0.1) is 0 Å². The SMILES string of the molecule is O=C(COc1cccc(C(=O)/C=C(\O)C(F)(F)F)c1)NCCN(CCNC(=O)COc1cccc(C(=O)/C=C(\O)C(F)(F)F)c1)C(=O)COc1cccc(C(=O)/C=C(\O)C(F)(F)F)c1. The summed E-state index contributed by atoms with van der Waals surface area (Å²) in [6.07, 6.45) is -15.7. The summed E-state index contributed by atoms with van der Waals surface area (Å²) in [4.78, 5) is 75.9. The molecule has 0 fully saturated rings. The molecule has 0 radical (unpaired) electrons. The molecule has 15 nitrogen and oxygen atoms in total. The minimum atomic E-state index is -5.19. The maximum atomic E-state index is 13.3. The number of benzene rings is 3. The Morgan fingerprint density at radius 1 is 0.500 bits per heavy atom. The average Bonchev–Trinajstić information content (AvgIpc) is 3.22. The van der Waals surface area contributed by atoms with E-state index in [2.05, 4.69) is 10.6 Å². The minimum Gasteiger partial charge on any atom is -0.504 e. The van der Waals surface area contributed by atoms with E-state index in [1.807, 2.05) is 0 Å². The van der Waals surface area contributed by atoms with E-state index in [-0.39, 0.29) is 78.3 Å². The number of halogens is 9. The normalized spacial score (nSPS) is 12.5. The quantitative estimate of drug-likeness (QED) is 0.0368. The van der Waals surface area contributed by atoms with Gasteiger partial charge in [-0.2, -0.15) is 39.5 Å². The third-order valence-electron chi connectivity index (χ3n) is 7.89. The lowest BCUT2D eigenvalue weighted by molar-refractivity contribution is -0.134. The van der Waals surface area contributed by atoms with Crippen LogP contribution < -0.4 is 24.8 Å². The van der Waals surface area contributed by atoms with Crippen molar-refractivity contribution in [1.82, 2.24) is 15.5 Å². The van der Waals surface area contributed by atoms with Crippen molar-refractivity contribution in [2.45, 2.75) is 18.5 Å². The van der Waals surface area contributed by atoms with Crippen molar-refractivity contribution in [3.05, 3.63) is 125 Å². The van der Waals surface area contributed by atoms with Gasteiger partial charge in [0.15, 0.2) is 37.2 Å². The summed E-state index contributed by atoms with van der Waals surface area (Å²) in [6, 6.07) is 13.9. The number of nitrogens with one attached hydrogen (secondary N) is 2. The van der Waals surface area contributed by atoms with E-state index < -0.39 is 90.7 Å². The smallest absolute Gasteiger partial charge is 0.448 e. The van der Waals surface area contributed by atoms with Gasteiger partial charge in [-0.1, -0.05) is 36.4 Å². The van der Waals surface area contributed by atoms with Gasteiger partial charge in [0.1, 0.15) is 17.2 Å². The Labute approximate surface area is 355 Å². The number of rotatable bonds is 21. The highest BCUT2D eigenvalue weighted by Crippen LogP contribution is 2.26. The van der Waals surface area contributed by atoms with Gasteiger partial charge in [0.25, 0.3) is 17.7 Å². The first-order valence-electron chi connectivity index (χ1n) is 17.9. The van der Waals surface area contributed by atoms with Crippen LogP contribution in [0.3, 0.4) is 0 Å². The molecule has 3 amide bonds. The number of carbonyl (C=O) groups excluding carboxylic acids is 6. The molecule has 3 aromatic carbocycles. The fourth-order valence-electron chi connectivity index (χ4n) is 4.74. The maximum absolute atomic E-state index is 13.3. The molecule has 0 aromatic heterocycles. The summed E-state index contributed by atoms with van der Waals surface area (Å²) >= 11 is 0. The first-order valence-corrected chi connectivity index (χ1v) is 17.9. The molecule has 0 saturated heterocycles. The zero-order chi connectivity index (χ0) is 47.8. The van der Waals surface area contributed by atoms with Crippen LogP contribution in [0.4, 0.5) is 39.5 Å². The van der Waals surface area contributed by atoms with Crippen LogP contribution in [0, 0.1) is 0 Å². The summed E-state index contributed by atoms with van der Waals surface area (Å²) in [5.41, 5.74) is -0.981. The lowest BCUT2D eigenvalue weighted by atomic mass is 10.1. The highest BCUT2D eigenvalue weighted by molar-refractivity contribution is 6.06. The molecule has 24 heteroatoms. The number of hydrogen-bond donors (Lipinski definition) is 5. The Morgan fingerprint density at radius 2 is 0.797 bits per heavy atom. The van der Waals surface area contributed by atoms with Crippen LogP contribution in [0.25, 0.3) is 0 Å². The standard InChI is InChI=1S/C40H34F9N3O12/c41-38(42,43)32(56)17-29(53)23-4-1-7-26(14-23)62-20-35(59)50-10-12-52(37(61)22-64-28-9-3-6-25(16-28)31(55)19-34(58)40(47,48)49)13-11-51-36(60)21-63-27-8-2-5-24(15-27)30(54)18-33(57)39(44,45)46/h1-9,14-19,56-58H,10-13,20-22H2,(H,50,59)(H,51,60)/b32-17-,33-18-,34-19-. The van der Waals surface area contributed by atoms with E-state index in [4.69, 9.17) is 29.5 Å². The lowest BCUT2D eigenvalue weighted by Crippen LogP contribution is -2.45. The van der Waals surface area contributed by atoms with Gasteiger partial charge in [0.2, 0.25) is 17.3 Å². The number of ether oxygens (including phenoxy) is 3. The third kappa shape index (κ3) is 17.1. The number of carbonyl (C=O) groups is 6. The van der Waals surface area contributed by atoms with Gasteiger partial charge >= 0.3 is 18.5 Å². The van der Waals surface area contributed by atoms with Gasteiger partial charge in [-0.05, 0) is 36.4 Å². The minimum absolute atomic E-state index is 0.0405. The predicted molar refractivity (Wildman–Crippen MR) is 202 cm³/mol. The van der Waals surface area contributed by atoms with Crippen molar-refractivity contribution in [2.24, 2.45) is 0 Å². The van der Waals surface area contributed by atoms with Crippen molar-refractivity contribution in [1.29, 1.82) is 0 Å². The van der Waals surface area contributed by atoms with Crippen molar-refractivity contribution in [3.8, 4) is 17.2 Å². The Balaban J connectivity index is 1.63. The van der Waals surface area contributed by atoms with Crippen LogP contribution >= 0.6 is 0 Å². The van der Waals surface area contributed by atoms with E-state index in [0.29, 0.717) is 0 Å². The topological polar surface area (TPSA) is 218 Å². The Hall–Kier alpha value is -7.53. The summed E-state index contributed by atoms with van der Waals surface area (Å²) in [5.74, 6) is -12.9. The molecular weight excluding hydrogens is 885 g/mol. The number of aliphatic hydroxyl groups excluding tert-OH is 3. The Bertz CT molecular complexity index is 2180. The van der Waals surface area contributed by atoms with Crippen LogP contribution in [0.15, 0.2) is 108 Å². The van der Waals surface area contributed by atoms with Crippen molar-refractivity contribution in [3.63, 3.8) is 0 Å². The second-order valence-electron chi connectivity index (χ2n) is 12.7. The molecule has 0 saturated carbocycles. The van der Waals surface area contributed by atoms with Crippen molar-refractivity contribution >= 4 is 35.1 Å². The number of ketones is 3. The van der Waals surface area contributed by atoms with Crippen LogP contribution in [0.1, 0.15) is 31.1 Å². The van der Waals surface area contributed by atoms with Crippen molar-refractivity contribution in [2.75, 3.05) is 46.0 Å². The Morgan fingerprint density at radius 3 is 1.09 bits per heavy atom. The number of alkyl halides is 9. The van der Waals surface area contributed by atoms with Crippen LogP contribution in [-0.2, 0) is 14.4 Å². The zero-order valence-corrected chi connectivity index (χ0v) is 32.5. The highest BCUT2D eigenvalue weighted by atomic mass is 19.4. The van der Waals surface area contributed by atoms with E-state index in [1.165, 1.54) is 36.4 Å². The summed E-state index contributed by atoms with van der Waals surface area (Å²) in [7, 11) is 0. The molecule has 344 valence electrons. The summed E-state index contributed by atoms with van der Waals surface area (Å²) in [6.45, 7) is -3.21. The summed E-state index contributed by atoms with van der Waals surface area (Å²) in [5, 5.41) is 32.1. The Kier molecular flexibility index (Phi) is 17.9. The molecule has 3 rings (SSSR count). The number of amides is 3. The molecule has 0 aliphatic heterocycles. The molecule has 0 aliphatic carbocycles. The number of allylic oxidation sites excluding steroid dienone is 6. The molecule has 0 unspecified atom stereocenters. The molecule has 0 aliphatic rings. The molecule has 64 heavy (non-hydrogen) atoms. The van der Waals surface area contributed by atoms with Crippen molar-refractivity contribution < 1.29 is 97.8 Å². The zero-order valence-electron chi connectivity index (χ0n) is 32.5. The van der Waals surface area contributed by atoms with Gasteiger partial charge in [0.05, 0.1) is 0 Å². The highest BCUT2D eigenvalue weighted by Gasteiger charge is 2.36. The molecule has 0 bridgehead atoms. The fraction of sp³-hybridized carbons (Fsp3) is 0.250. The lowest BCUT2D eigenvalue weighted by Gasteiger charge is -2.23. The largest absolute Gasteiger partial charge is 0.504 e. The van der Waals surface area contributed by atoms with Gasteiger partial charge in [0, 0.05) is 61.1 Å². The molecule has 0 heterocycles. The average molecular weight is 920 g/mol. The predicted octanol–water partition coefficient (Wildman–Crippen LogP) is 5.85. The van der Waals surface area contributed by atoms with E-state index in [9.17, 15) is 68.3 Å². The van der Waals surface area contributed by atoms with Crippen LogP contribution in [-0.4, -0.2) is 120 Å². The first kappa shape index (κ1) is 50.8. The third-order valence-corrected chi connectivity index (χ3v) is 7.89. The first-order chi connectivity index (χ1) is 29.8. The van der Waals surface area contributed by atoms with Crippen LogP contribution in [0.5, 0.6) is 17.2 Å². The number of hydrogen-bond acceptors (Lipinski definition) is 12. The number of nitrogens with zero attached hydrogens (tertiary/aromatic N) is 1. The number of aliphatic hydroxyl groups is 3. The van der Waals surface area contributed by atoms with E-state index in [1.54, 1.807) is 0 Å². The second-order valence-corrected chi connectivity index (χ2v) is 12.7. The van der Waals surface area contributed by atoms with Gasteiger partial charge < -0.3 is 45.1 Å². The molecule has 3 aromatic rings. The summed E-state index contributed by atoms with van der Waals surface area (Å²) < 4.78 is 130. The molecular formula is C40H34F9N3O12. The molecule has 0 spiro atoms. The monoisotopic (exact) mass is 919 g/mol. The maximum Gasteiger partial charge on any atom is 0.448 e. The van der Waals surface area contributed by atoms with Gasteiger partial charge in [-0.3, -0.25) is 28.8 Å². The second kappa shape index (κ2) is 22.5. The fourth-order valence-corrected chi connectivity index (χ4v) is 4.74. The molecule has 5 N–H and O–H groups in total. The van der Waals surface area contributed by atoms with Crippen LogP contribution in [0.2, 0.25) is 0 Å². The van der Waals surface area contributed by atoms with E-state index >= 15 is 0 Å². The molecule has 0 atom stereocenters.